The van der Waals surface area contributed by atoms with Crippen molar-refractivity contribution in [3.63, 3.8) is 0 Å². The van der Waals surface area contributed by atoms with Gasteiger partial charge in [-0.1, -0.05) is 13.8 Å². The first-order chi connectivity index (χ1) is 8.36. The van der Waals surface area contributed by atoms with Crippen molar-refractivity contribution in [3.05, 3.63) is 11.8 Å². The van der Waals surface area contributed by atoms with Crippen LogP contribution in [0.1, 0.15) is 40.5 Å². The Morgan fingerprint density at radius 2 is 2.11 bits per heavy atom. The van der Waals surface area contributed by atoms with Crippen LogP contribution in [0.3, 0.4) is 0 Å². The van der Waals surface area contributed by atoms with E-state index in [2.05, 4.69) is 0 Å². The molecule has 0 fully saturated rings. The Morgan fingerprint density at radius 1 is 1.50 bits per heavy atom. The van der Waals surface area contributed by atoms with Crippen LogP contribution >= 0.6 is 0 Å². The number of Topliss-reactive ketones (excluding diaryl/α,β-unsaturated/α-hetero) is 1. The largest absolute Gasteiger partial charge is 0.493 e. The maximum Gasteiger partial charge on any atom is 0.165 e. The number of hydrogen-bond donors (Lipinski definition) is 1. The minimum Gasteiger partial charge on any atom is -0.493 e. The monoisotopic (exact) mass is 254 g/mol. The van der Waals surface area contributed by atoms with Crippen LogP contribution in [0.4, 0.5) is 0 Å². The molecule has 18 heavy (non-hydrogen) atoms. The van der Waals surface area contributed by atoms with Crippen LogP contribution in [0.15, 0.2) is 11.8 Å². The van der Waals surface area contributed by atoms with Crippen LogP contribution in [0.25, 0.3) is 0 Å². The lowest BCUT2D eigenvalue weighted by Crippen LogP contribution is -2.38. The molecule has 0 aromatic heterocycles. The lowest BCUT2D eigenvalue weighted by Gasteiger charge is -2.35. The van der Waals surface area contributed by atoms with Crippen LogP contribution < -0.4 is 0 Å². The Bertz CT molecular complexity index is 372. The highest BCUT2D eigenvalue weighted by Gasteiger charge is 2.40. The summed E-state index contributed by atoms with van der Waals surface area (Å²) in [5, 5.41) is 8.89. The van der Waals surface area contributed by atoms with Crippen LogP contribution in [0.2, 0.25) is 0 Å². The van der Waals surface area contributed by atoms with Crippen molar-refractivity contribution in [3.8, 4) is 0 Å². The Labute approximate surface area is 108 Å². The molecule has 0 spiro atoms. The number of aliphatic hydroxyl groups excluding tert-OH is 1. The zero-order valence-corrected chi connectivity index (χ0v) is 11.5. The van der Waals surface area contributed by atoms with E-state index in [1.165, 1.54) is 6.08 Å². The molecule has 3 atom stereocenters. The van der Waals surface area contributed by atoms with E-state index in [1.54, 1.807) is 6.92 Å². The molecule has 1 aliphatic rings. The lowest BCUT2D eigenvalue weighted by atomic mass is 9.77. The summed E-state index contributed by atoms with van der Waals surface area (Å²) in [4.78, 5) is 23.9. The third-order valence-corrected chi connectivity index (χ3v) is 3.94. The van der Waals surface area contributed by atoms with Gasteiger partial charge in [-0.15, -0.1) is 0 Å². The van der Waals surface area contributed by atoms with E-state index in [1.807, 2.05) is 20.8 Å². The van der Waals surface area contributed by atoms with Gasteiger partial charge in [0.25, 0.3) is 0 Å². The molecule has 0 unspecified atom stereocenters. The molecule has 102 valence electrons. The summed E-state index contributed by atoms with van der Waals surface area (Å²) < 4.78 is 5.73. The fourth-order valence-corrected chi connectivity index (χ4v) is 2.00. The number of ketones is 2. The number of carbonyl (C=O) groups excluding carboxylic acids is 2. The molecule has 1 rings (SSSR count). The normalized spacial score (nSPS) is 27.2. The highest BCUT2D eigenvalue weighted by molar-refractivity contribution is 5.95. The molecule has 1 N–H and O–H groups in total. The zero-order valence-electron chi connectivity index (χ0n) is 11.5. The lowest BCUT2D eigenvalue weighted by molar-refractivity contribution is -0.132. The molecule has 1 aliphatic heterocycles. The fourth-order valence-electron chi connectivity index (χ4n) is 2.00. The number of carbonyl (C=O) groups is 2. The Hall–Kier alpha value is -1.16. The summed E-state index contributed by atoms with van der Waals surface area (Å²) in [6, 6.07) is 0. The van der Waals surface area contributed by atoms with Gasteiger partial charge in [0, 0.05) is 19.1 Å². The third kappa shape index (κ3) is 2.64. The molecule has 1 heterocycles. The minimum atomic E-state index is -0.813. The first kappa shape index (κ1) is 14.9. The maximum atomic E-state index is 12.1. The second kappa shape index (κ2) is 5.65. The number of hydrogen-bond acceptors (Lipinski definition) is 4. The highest BCUT2D eigenvalue weighted by atomic mass is 16.5. The van der Waals surface area contributed by atoms with Gasteiger partial charge in [0.05, 0.1) is 11.3 Å². The summed E-state index contributed by atoms with van der Waals surface area (Å²) in [6.07, 6.45) is 1.86. The zero-order chi connectivity index (χ0) is 13.9. The molecule has 4 heteroatoms. The van der Waals surface area contributed by atoms with Gasteiger partial charge in [0.1, 0.15) is 17.6 Å². The van der Waals surface area contributed by atoms with Crippen molar-refractivity contribution in [1.29, 1.82) is 0 Å². The molecular weight excluding hydrogens is 232 g/mol. The molecule has 0 aliphatic carbocycles. The molecular formula is C14H22O4. The van der Waals surface area contributed by atoms with Crippen LogP contribution in [0, 0.1) is 11.3 Å². The van der Waals surface area contributed by atoms with E-state index in [4.69, 9.17) is 9.84 Å². The van der Waals surface area contributed by atoms with Crippen molar-refractivity contribution in [1.82, 2.24) is 0 Å². The molecule has 0 bridgehead atoms. The molecule has 0 aromatic carbocycles. The van der Waals surface area contributed by atoms with Crippen molar-refractivity contribution in [2.75, 3.05) is 6.61 Å². The number of rotatable bonds is 5. The fraction of sp³-hybridized carbons (Fsp3) is 0.714. The van der Waals surface area contributed by atoms with Gasteiger partial charge in [0.2, 0.25) is 0 Å². The maximum absolute atomic E-state index is 12.1. The van der Waals surface area contributed by atoms with E-state index in [9.17, 15) is 9.59 Å². The van der Waals surface area contributed by atoms with E-state index >= 15 is 0 Å². The average Bonchev–Trinajstić information content (AvgIpc) is 2.34. The van der Waals surface area contributed by atoms with Crippen LogP contribution in [-0.2, 0) is 14.3 Å². The highest BCUT2D eigenvalue weighted by Crippen LogP contribution is 2.37. The molecule has 4 nitrogen and oxygen atoms in total. The van der Waals surface area contributed by atoms with Crippen LogP contribution in [-0.4, -0.2) is 29.4 Å². The molecule has 0 amide bonds. The summed E-state index contributed by atoms with van der Waals surface area (Å²) in [5.41, 5.74) is -0.813. The summed E-state index contributed by atoms with van der Waals surface area (Å²) in [5.74, 6) is 0.176. The molecule has 0 radical (unpaired) electrons. The second-order valence-corrected chi connectivity index (χ2v) is 5.11. The standard InChI is InChI=1S/C14H22O4/c1-5-14(4,12(17)6-7-15)13-8-11(16)9(2)10(3)18-13/h8-10,15H,5-7H2,1-4H3/t9-,10+,14-/m0/s1. The average molecular weight is 254 g/mol. The predicted octanol–water partition coefficient (Wildman–Crippen LogP) is 1.86. The molecule has 0 saturated carbocycles. The Balaban J connectivity index is 3.06. The molecule has 0 aromatic rings. The van der Waals surface area contributed by atoms with Gasteiger partial charge in [0.15, 0.2) is 5.78 Å². The smallest absolute Gasteiger partial charge is 0.165 e. The van der Waals surface area contributed by atoms with E-state index in [0.717, 1.165) is 0 Å². The van der Waals surface area contributed by atoms with Crippen molar-refractivity contribution in [2.24, 2.45) is 11.3 Å². The van der Waals surface area contributed by atoms with E-state index < -0.39 is 5.41 Å². The summed E-state index contributed by atoms with van der Waals surface area (Å²) >= 11 is 0. The first-order valence-electron chi connectivity index (χ1n) is 6.43. The number of aliphatic hydroxyl groups is 1. The predicted molar refractivity (Wildman–Crippen MR) is 67.9 cm³/mol. The van der Waals surface area contributed by atoms with E-state index in [0.29, 0.717) is 12.2 Å². The number of ether oxygens (including phenoxy) is 1. The second-order valence-electron chi connectivity index (χ2n) is 5.11. The summed E-state index contributed by atoms with van der Waals surface area (Å²) in [6.45, 7) is 7.13. The minimum absolute atomic E-state index is 0.000207. The van der Waals surface area contributed by atoms with Gasteiger partial charge in [-0.25, -0.2) is 0 Å². The topological polar surface area (TPSA) is 63.6 Å². The van der Waals surface area contributed by atoms with Crippen LogP contribution in [0.5, 0.6) is 0 Å². The summed E-state index contributed by atoms with van der Waals surface area (Å²) in [7, 11) is 0. The van der Waals surface area contributed by atoms with Crippen molar-refractivity contribution < 1.29 is 19.4 Å². The Morgan fingerprint density at radius 3 is 2.56 bits per heavy atom. The van der Waals surface area contributed by atoms with Gasteiger partial charge in [-0.2, -0.15) is 0 Å². The van der Waals surface area contributed by atoms with Gasteiger partial charge in [-0.05, 0) is 20.3 Å². The van der Waals surface area contributed by atoms with Gasteiger partial charge in [-0.3, -0.25) is 9.59 Å². The quantitative estimate of drug-likeness (QED) is 0.813. The van der Waals surface area contributed by atoms with Crippen molar-refractivity contribution >= 4 is 11.6 Å². The first-order valence-corrected chi connectivity index (χ1v) is 6.43. The molecule has 0 saturated heterocycles. The Kier molecular flexibility index (Phi) is 4.68. The van der Waals surface area contributed by atoms with E-state index in [-0.39, 0.29) is 36.6 Å². The van der Waals surface area contributed by atoms with Gasteiger partial charge >= 0.3 is 0 Å². The van der Waals surface area contributed by atoms with Gasteiger partial charge < -0.3 is 9.84 Å². The third-order valence-electron chi connectivity index (χ3n) is 3.94. The van der Waals surface area contributed by atoms with Crippen molar-refractivity contribution in [2.45, 2.75) is 46.6 Å². The SMILES string of the molecule is CC[C@@](C)(C(=O)CCO)C1=CC(=O)[C@@H](C)[C@@H](C)O1. The number of allylic oxidation sites excluding steroid dienone is 2.